The van der Waals surface area contributed by atoms with E-state index in [1.165, 1.54) is 6.92 Å². The molecule has 0 fully saturated rings. The Morgan fingerprint density at radius 2 is 1.88 bits per heavy atom. The Labute approximate surface area is 94.6 Å². The molecule has 1 unspecified atom stereocenters. The van der Waals surface area contributed by atoms with Crippen LogP contribution >= 0.6 is 0 Å². The third-order valence-electron chi connectivity index (χ3n) is 1.68. The second-order valence-corrected chi connectivity index (χ2v) is 4.59. The fraction of sp³-hybridized carbons (Fsp3) is 0.800. The van der Waals surface area contributed by atoms with E-state index in [0.29, 0.717) is 0 Å². The van der Waals surface area contributed by atoms with Crippen LogP contribution in [0, 0.1) is 0 Å². The summed E-state index contributed by atoms with van der Waals surface area (Å²) in [6.07, 6.45) is -2.04. The van der Waals surface area contributed by atoms with Gasteiger partial charge < -0.3 is 20.3 Å². The summed E-state index contributed by atoms with van der Waals surface area (Å²) in [6.45, 7) is 6.49. The van der Waals surface area contributed by atoms with Crippen molar-refractivity contribution in [2.75, 3.05) is 0 Å². The molecule has 0 bridgehead atoms. The van der Waals surface area contributed by atoms with Crippen LogP contribution < -0.4 is 5.32 Å². The zero-order chi connectivity index (χ0) is 12.9. The van der Waals surface area contributed by atoms with Gasteiger partial charge in [-0.05, 0) is 27.7 Å². The highest BCUT2D eigenvalue weighted by Gasteiger charge is 2.24. The largest absolute Gasteiger partial charge is 0.481 e. The van der Waals surface area contributed by atoms with Crippen molar-refractivity contribution >= 4 is 12.1 Å². The molecule has 0 aliphatic carbocycles. The number of alkyl carbamates (subject to hydrolysis) is 1. The smallest absolute Gasteiger partial charge is 0.407 e. The molecule has 0 spiro atoms. The van der Waals surface area contributed by atoms with Crippen molar-refractivity contribution in [1.29, 1.82) is 0 Å². The number of hydrogen-bond acceptors (Lipinski definition) is 4. The molecular weight excluding hydrogens is 214 g/mol. The summed E-state index contributed by atoms with van der Waals surface area (Å²) >= 11 is 0. The fourth-order valence-corrected chi connectivity index (χ4v) is 0.989. The molecule has 0 heterocycles. The third kappa shape index (κ3) is 7.05. The van der Waals surface area contributed by atoms with Crippen LogP contribution in [0.15, 0.2) is 0 Å². The summed E-state index contributed by atoms with van der Waals surface area (Å²) in [5.74, 6) is -1.10. The van der Waals surface area contributed by atoms with Gasteiger partial charge in [-0.15, -0.1) is 0 Å². The van der Waals surface area contributed by atoms with Crippen LogP contribution in [0.5, 0.6) is 0 Å². The molecular formula is C10H19NO5. The lowest BCUT2D eigenvalue weighted by molar-refractivity contribution is -0.138. The van der Waals surface area contributed by atoms with E-state index in [4.69, 9.17) is 9.84 Å². The minimum atomic E-state index is -1.10. The van der Waals surface area contributed by atoms with E-state index in [9.17, 15) is 14.7 Å². The number of aliphatic hydroxyl groups excluding tert-OH is 1. The molecule has 0 saturated carbocycles. The van der Waals surface area contributed by atoms with E-state index in [1.54, 1.807) is 20.8 Å². The lowest BCUT2D eigenvalue weighted by Crippen LogP contribution is -2.45. The van der Waals surface area contributed by atoms with Crippen LogP contribution in [-0.4, -0.2) is 40.0 Å². The van der Waals surface area contributed by atoms with E-state index in [2.05, 4.69) is 5.32 Å². The molecule has 6 nitrogen and oxygen atoms in total. The van der Waals surface area contributed by atoms with Gasteiger partial charge in [0.2, 0.25) is 0 Å². The van der Waals surface area contributed by atoms with Crippen LogP contribution in [0.3, 0.4) is 0 Å². The minimum Gasteiger partial charge on any atom is -0.481 e. The van der Waals surface area contributed by atoms with Gasteiger partial charge in [-0.25, -0.2) is 4.79 Å². The number of amides is 1. The first kappa shape index (κ1) is 14.7. The number of aliphatic carboxylic acids is 1. The molecule has 6 heteroatoms. The van der Waals surface area contributed by atoms with Crippen molar-refractivity contribution in [3.63, 3.8) is 0 Å². The topological polar surface area (TPSA) is 95.9 Å². The summed E-state index contributed by atoms with van der Waals surface area (Å²) < 4.78 is 4.95. The number of hydrogen-bond donors (Lipinski definition) is 3. The maximum absolute atomic E-state index is 11.3. The summed E-state index contributed by atoms with van der Waals surface area (Å²) in [4.78, 5) is 21.8. The summed E-state index contributed by atoms with van der Waals surface area (Å²) in [5.41, 5.74) is -0.656. The van der Waals surface area contributed by atoms with Crippen molar-refractivity contribution in [1.82, 2.24) is 5.32 Å². The monoisotopic (exact) mass is 233 g/mol. The van der Waals surface area contributed by atoms with E-state index in [-0.39, 0.29) is 6.42 Å². The molecule has 0 aromatic carbocycles. The van der Waals surface area contributed by atoms with Gasteiger partial charge in [0.1, 0.15) is 5.60 Å². The molecule has 0 aliphatic heterocycles. The van der Waals surface area contributed by atoms with E-state index in [0.717, 1.165) is 0 Å². The minimum absolute atomic E-state index is 0.350. The zero-order valence-electron chi connectivity index (χ0n) is 9.98. The summed E-state index contributed by atoms with van der Waals surface area (Å²) in [7, 11) is 0. The van der Waals surface area contributed by atoms with Gasteiger partial charge in [0.25, 0.3) is 0 Å². The Morgan fingerprint density at radius 3 is 2.19 bits per heavy atom. The first-order valence-electron chi connectivity index (χ1n) is 5.01. The van der Waals surface area contributed by atoms with Crippen molar-refractivity contribution in [2.45, 2.75) is 51.9 Å². The Bertz CT molecular complexity index is 256. The molecule has 0 aromatic heterocycles. The fourth-order valence-electron chi connectivity index (χ4n) is 0.989. The number of ether oxygens (including phenoxy) is 1. The van der Waals surface area contributed by atoms with Gasteiger partial charge in [0.15, 0.2) is 0 Å². The average molecular weight is 233 g/mol. The molecule has 0 radical (unpaired) electrons. The predicted octanol–water partition coefficient (Wildman–Crippen LogP) is 0.735. The third-order valence-corrected chi connectivity index (χ3v) is 1.68. The molecule has 3 N–H and O–H groups in total. The Morgan fingerprint density at radius 1 is 1.38 bits per heavy atom. The van der Waals surface area contributed by atoms with Crippen molar-refractivity contribution in [3.05, 3.63) is 0 Å². The highest BCUT2D eigenvalue weighted by molar-refractivity contribution is 5.71. The molecule has 0 rings (SSSR count). The summed E-state index contributed by atoms with van der Waals surface area (Å²) in [6, 6.07) is -0.854. The highest BCUT2D eigenvalue weighted by atomic mass is 16.6. The van der Waals surface area contributed by atoms with Gasteiger partial charge >= 0.3 is 12.1 Å². The number of carbonyl (C=O) groups is 2. The molecule has 0 aliphatic rings. The van der Waals surface area contributed by atoms with Gasteiger partial charge in [0, 0.05) is 0 Å². The number of aliphatic hydroxyl groups is 1. The van der Waals surface area contributed by atoms with Gasteiger partial charge in [-0.1, -0.05) is 0 Å². The number of nitrogens with one attached hydrogen (secondary N) is 1. The molecule has 16 heavy (non-hydrogen) atoms. The summed E-state index contributed by atoms with van der Waals surface area (Å²) in [5, 5.41) is 20.2. The Balaban J connectivity index is 4.30. The van der Waals surface area contributed by atoms with Crippen LogP contribution in [-0.2, 0) is 9.53 Å². The van der Waals surface area contributed by atoms with Crippen LogP contribution in [0.2, 0.25) is 0 Å². The normalized spacial score (nSPS) is 15.1. The van der Waals surface area contributed by atoms with Gasteiger partial charge in [-0.2, -0.15) is 0 Å². The second-order valence-electron chi connectivity index (χ2n) is 4.59. The first-order chi connectivity index (χ1) is 7.11. The molecule has 1 amide bonds. The average Bonchev–Trinajstić information content (AvgIpc) is 1.97. The number of rotatable bonds is 4. The Kier molecular flexibility index (Phi) is 5.23. The number of carboxylic acids is 1. The van der Waals surface area contributed by atoms with Crippen LogP contribution in [0.1, 0.15) is 34.1 Å². The lowest BCUT2D eigenvalue weighted by Gasteiger charge is -2.24. The first-order valence-corrected chi connectivity index (χ1v) is 5.01. The van der Waals surface area contributed by atoms with E-state index in [1.807, 2.05) is 0 Å². The van der Waals surface area contributed by atoms with Crippen molar-refractivity contribution in [2.24, 2.45) is 0 Å². The SMILES string of the molecule is CC(O)[C@@H](CC(=O)O)NC(=O)OC(C)(C)C. The maximum atomic E-state index is 11.3. The molecule has 2 atom stereocenters. The van der Waals surface area contributed by atoms with Crippen molar-refractivity contribution in [3.8, 4) is 0 Å². The maximum Gasteiger partial charge on any atom is 0.407 e. The molecule has 94 valence electrons. The van der Waals surface area contributed by atoms with Crippen LogP contribution in [0.4, 0.5) is 4.79 Å². The quantitative estimate of drug-likeness (QED) is 0.665. The highest BCUT2D eigenvalue weighted by Crippen LogP contribution is 2.08. The van der Waals surface area contributed by atoms with Gasteiger partial charge in [-0.3, -0.25) is 4.79 Å². The zero-order valence-corrected chi connectivity index (χ0v) is 9.98. The predicted molar refractivity (Wildman–Crippen MR) is 57.1 cm³/mol. The van der Waals surface area contributed by atoms with Crippen LogP contribution in [0.25, 0.3) is 0 Å². The number of carbonyl (C=O) groups excluding carboxylic acids is 1. The van der Waals surface area contributed by atoms with Gasteiger partial charge in [0.05, 0.1) is 18.6 Å². The molecule has 0 aromatic rings. The van der Waals surface area contributed by atoms with E-state index >= 15 is 0 Å². The standard InChI is InChI=1S/C10H19NO5/c1-6(12)7(5-8(13)14)11-9(15)16-10(2,3)4/h6-7,12H,5H2,1-4H3,(H,11,15)(H,13,14)/t6?,7-/m1/s1. The Hall–Kier alpha value is -1.30. The second kappa shape index (κ2) is 5.69. The van der Waals surface area contributed by atoms with Crippen molar-refractivity contribution < 1.29 is 24.5 Å². The lowest BCUT2D eigenvalue weighted by atomic mass is 10.1. The molecule has 0 saturated heterocycles. The van der Waals surface area contributed by atoms with E-state index < -0.39 is 29.8 Å². The number of carboxylic acid groups (broad SMARTS) is 1.